The van der Waals surface area contributed by atoms with Crippen LogP contribution < -0.4 is 15.5 Å². The second kappa shape index (κ2) is 4.80. The Hall–Kier alpha value is -0.120. The highest BCUT2D eigenvalue weighted by Gasteiger charge is 2.20. The van der Waals surface area contributed by atoms with E-state index in [0.29, 0.717) is 6.04 Å². The van der Waals surface area contributed by atoms with Gasteiger partial charge in [0, 0.05) is 0 Å². The van der Waals surface area contributed by atoms with Gasteiger partial charge in [0.25, 0.3) is 0 Å². The van der Waals surface area contributed by atoms with Crippen molar-refractivity contribution in [3.05, 3.63) is 0 Å². The Labute approximate surface area is 75.5 Å². The van der Waals surface area contributed by atoms with E-state index in [9.17, 15) is 0 Å². The molecule has 0 amide bonds. The minimum absolute atomic E-state index is 0.415. The fourth-order valence-corrected chi connectivity index (χ4v) is 1.75. The van der Waals surface area contributed by atoms with E-state index in [1.165, 1.54) is 32.7 Å². The van der Waals surface area contributed by atoms with Gasteiger partial charge in [0.1, 0.15) is 26.2 Å². The van der Waals surface area contributed by atoms with E-state index in [2.05, 4.69) is 14.0 Å². The number of likely N-dealkylation sites (N-methyl/N-ethyl adjacent to an activating group) is 1. The van der Waals surface area contributed by atoms with Crippen molar-refractivity contribution in [2.24, 2.45) is 5.73 Å². The number of nitrogens with one attached hydrogen (secondary N) is 2. The minimum Gasteiger partial charge on any atom is -0.328 e. The van der Waals surface area contributed by atoms with Crippen LogP contribution in [0.15, 0.2) is 0 Å². The first kappa shape index (κ1) is 9.96. The van der Waals surface area contributed by atoms with Crippen molar-refractivity contribution in [2.45, 2.75) is 19.4 Å². The molecule has 0 aromatic carbocycles. The molecule has 1 fully saturated rings. The van der Waals surface area contributed by atoms with Gasteiger partial charge in [0.2, 0.25) is 0 Å². The first-order valence-corrected chi connectivity index (χ1v) is 5.12. The Kier molecular flexibility index (Phi) is 3.98. The van der Waals surface area contributed by atoms with Gasteiger partial charge in [-0.05, 0) is 6.42 Å². The lowest BCUT2D eigenvalue weighted by molar-refractivity contribution is -1.00. The first-order valence-electron chi connectivity index (χ1n) is 5.12. The number of hydrogen-bond donors (Lipinski definition) is 3. The van der Waals surface area contributed by atoms with Crippen LogP contribution >= 0.6 is 0 Å². The molecule has 1 aliphatic heterocycles. The third-order valence-corrected chi connectivity index (χ3v) is 2.89. The summed E-state index contributed by atoms with van der Waals surface area (Å²) in [5, 5.41) is 0. The van der Waals surface area contributed by atoms with Gasteiger partial charge in [0.05, 0.1) is 19.6 Å². The second-order valence-corrected chi connectivity index (χ2v) is 4.08. The maximum absolute atomic E-state index is 5.91. The predicted molar refractivity (Wildman–Crippen MR) is 50.5 cm³/mol. The van der Waals surface area contributed by atoms with E-state index in [1.54, 1.807) is 9.80 Å². The average Bonchev–Trinajstić information content (AvgIpc) is 2.09. The van der Waals surface area contributed by atoms with Crippen LogP contribution in [0.3, 0.4) is 0 Å². The number of hydrogen-bond acceptors (Lipinski definition) is 1. The van der Waals surface area contributed by atoms with Gasteiger partial charge in [-0.2, -0.15) is 0 Å². The van der Waals surface area contributed by atoms with Crippen molar-refractivity contribution in [2.75, 3.05) is 39.8 Å². The van der Waals surface area contributed by atoms with Crippen molar-refractivity contribution in [3.63, 3.8) is 0 Å². The van der Waals surface area contributed by atoms with Crippen molar-refractivity contribution >= 4 is 0 Å². The van der Waals surface area contributed by atoms with Crippen LogP contribution in [0, 0.1) is 0 Å². The fourth-order valence-electron chi connectivity index (χ4n) is 1.75. The fraction of sp³-hybridized carbons (Fsp3) is 1.00. The van der Waals surface area contributed by atoms with Crippen LogP contribution in [0.4, 0.5) is 0 Å². The molecule has 72 valence electrons. The highest BCUT2D eigenvalue weighted by molar-refractivity contribution is 4.54. The molecule has 0 aromatic rings. The summed E-state index contributed by atoms with van der Waals surface area (Å²) in [5.74, 6) is 0. The maximum atomic E-state index is 5.91. The molecule has 0 aliphatic carbocycles. The summed E-state index contributed by atoms with van der Waals surface area (Å²) in [5.41, 5.74) is 5.91. The molecule has 3 heteroatoms. The minimum atomic E-state index is 0.415. The molecule has 12 heavy (non-hydrogen) atoms. The topological polar surface area (TPSA) is 34.9 Å². The Morgan fingerprint density at radius 3 is 2.33 bits per heavy atom. The van der Waals surface area contributed by atoms with Gasteiger partial charge >= 0.3 is 0 Å². The molecule has 0 unspecified atom stereocenters. The highest BCUT2D eigenvalue weighted by atomic mass is 15.2. The summed E-state index contributed by atoms with van der Waals surface area (Å²) in [4.78, 5) is 3.37. The van der Waals surface area contributed by atoms with Gasteiger partial charge in [-0.25, -0.2) is 0 Å². The van der Waals surface area contributed by atoms with E-state index < -0.39 is 0 Å². The number of piperazine rings is 1. The lowest BCUT2D eigenvalue weighted by Crippen LogP contribution is -3.27. The largest absolute Gasteiger partial charge is 0.328 e. The number of quaternary nitrogens is 2. The van der Waals surface area contributed by atoms with Crippen molar-refractivity contribution in [3.8, 4) is 0 Å². The summed E-state index contributed by atoms with van der Waals surface area (Å²) >= 11 is 0. The Morgan fingerprint density at radius 1 is 1.25 bits per heavy atom. The van der Waals surface area contributed by atoms with Crippen molar-refractivity contribution in [1.82, 2.24) is 0 Å². The molecular weight excluding hydrogens is 150 g/mol. The lowest BCUT2D eigenvalue weighted by Gasteiger charge is -2.28. The molecule has 4 N–H and O–H groups in total. The molecule has 3 nitrogen and oxygen atoms in total. The quantitative estimate of drug-likeness (QED) is 0.422. The highest BCUT2D eigenvalue weighted by Crippen LogP contribution is 1.79. The zero-order chi connectivity index (χ0) is 8.97. The molecule has 0 radical (unpaired) electrons. The third-order valence-electron chi connectivity index (χ3n) is 2.89. The number of nitrogens with two attached hydrogens (primary N) is 1. The second-order valence-electron chi connectivity index (χ2n) is 4.08. The smallest absolute Gasteiger partial charge is 0.127 e. The molecule has 1 saturated heterocycles. The normalized spacial score (nSPS) is 33.2. The SMILES string of the molecule is CC[C@H](N)C[NH+]1CC[NH+](C)CC1. The molecular formula is C9H23N3+2. The van der Waals surface area contributed by atoms with E-state index >= 15 is 0 Å². The summed E-state index contributed by atoms with van der Waals surface area (Å²) in [7, 11) is 2.27. The summed E-state index contributed by atoms with van der Waals surface area (Å²) < 4.78 is 0. The van der Waals surface area contributed by atoms with Gasteiger partial charge in [-0.1, -0.05) is 6.92 Å². The molecule has 1 heterocycles. The molecule has 1 rings (SSSR count). The molecule has 1 atom stereocenters. The Balaban J connectivity index is 2.17. The van der Waals surface area contributed by atoms with Crippen LogP contribution in [-0.4, -0.2) is 45.8 Å². The zero-order valence-electron chi connectivity index (χ0n) is 8.40. The van der Waals surface area contributed by atoms with Crippen molar-refractivity contribution < 1.29 is 9.80 Å². The zero-order valence-corrected chi connectivity index (χ0v) is 8.40. The van der Waals surface area contributed by atoms with Crippen LogP contribution in [0.2, 0.25) is 0 Å². The molecule has 0 aromatic heterocycles. The van der Waals surface area contributed by atoms with Crippen LogP contribution in [0.5, 0.6) is 0 Å². The van der Waals surface area contributed by atoms with Crippen LogP contribution in [-0.2, 0) is 0 Å². The average molecular weight is 173 g/mol. The number of rotatable bonds is 3. The van der Waals surface area contributed by atoms with E-state index in [0.717, 1.165) is 6.42 Å². The first-order chi connectivity index (χ1) is 5.72. The standard InChI is InChI=1S/C9H21N3/c1-3-9(10)8-12-6-4-11(2)5-7-12/h9H,3-8,10H2,1-2H3/p+2/t9-/m0/s1. The van der Waals surface area contributed by atoms with E-state index in [-0.39, 0.29) is 0 Å². The molecule has 0 saturated carbocycles. The molecule has 1 aliphatic rings. The van der Waals surface area contributed by atoms with Gasteiger partial charge < -0.3 is 15.5 Å². The van der Waals surface area contributed by atoms with Gasteiger partial charge in [0.15, 0.2) is 0 Å². The third kappa shape index (κ3) is 3.09. The maximum Gasteiger partial charge on any atom is 0.127 e. The summed E-state index contributed by atoms with van der Waals surface area (Å²) in [6, 6.07) is 0.415. The lowest BCUT2D eigenvalue weighted by atomic mass is 10.2. The summed E-state index contributed by atoms with van der Waals surface area (Å²) in [6.07, 6.45) is 1.12. The Bertz CT molecular complexity index is 119. The molecule has 0 spiro atoms. The predicted octanol–water partition coefficient (Wildman–Crippen LogP) is -2.86. The van der Waals surface area contributed by atoms with E-state index in [4.69, 9.17) is 5.73 Å². The molecule has 0 bridgehead atoms. The monoisotopic (exact) mass is 173 g/mol. The Morgan fingerprint density at radius 2 is 1.83 bits per heavy atom. The van der Waals surface area contributed by atoms with Crippen LogP contribution in [0.25, 0.3) is 0 Å². The van der Waals surface area contributed by atoms with Crippen molar-refractivity contribution in [1.29, 1.82) is 0 Å². The van der Waals surface area contributed by atoms with E-state index in [1.807, 2.05) is 0 Å². The van der Waals surface area contributed by atoms with Gasteiger partial charge in [-0.15, -0.1) is 0 Å². The van der Waals surface area contributed by atoms with Crippen LogP contribution in [0.1, 0.15) is 13.3 Å². The van der Waals surface area contributed by atoms with Gasteiger partial charge in [-0.3, -0.25) is 0 Å². The summed E-state index contributed by atoms with van der Waals surface area (Å²) in [6.45, 7) is 8.58.